The van der Waals surface area contributed by atoms with Crippen LogP contribution in [0.2, 0.25) is 5.02 Å². The highest BCUT2D eigenvalue weighted by Crippen LogP contribution is 2.26. The Morgan fingerprint density at radius 1 is 1.28 bits per heavy atom. The molecule has 0 bridgehead atoms. The molecule has 0 saturated carbocycles. The molecule has 0 heterocycles. The third-order valence-corrected chi connectivity index (χ3v) is 2.77. The Bertz CT molecular complexity index is 401. The first-order chi connectivity index (χ1) is 8.28. The number of hydrogen-bond acceptors (Lipinski definition) is 1. The number of carbonyl (C=O) groups is 1. The number of carboxylic acids is 1. The highest BCUT2D eigenvalue weighted by atomic mass is 35.5. The van der Waals surface area contributed by atoms with E-state index in [-0.39, 0.29) is 6.42 Å². The molecule has 0 spiro atoms. The summed E-state index contributed by atoms with van der Waals surface area (Å²) in [6.45, 7) is 0. The predicted octanol–water partition coefficient (Wildman–Crippen LogP) is 3.93. The van der Waals surface area contributed by atoms with Crippen LogP contribution < -0.4 is 0 Å². The van der Waals surface area contributed by atoms with E-state index in [1.165, 1.54) is 0 Å². The minimum absolute atomic E-state index is 0.0720. The molecular formula is C12H12ClF3O2. The minimum atomic E-state index is -4.33. The van der Waals surface area contributed by atoms with Crippen molar-refractivity contribution >= 4 is 17.6 Å². The van der Waals surface area contributed by atoms with E-state index in [0.717, 1.165) is 0 Å². The van der Waals surface area contributed by atoms with Crippen LogP contribution in [0, 0.1) is 5.92 Å². The zero-order chi connectivity index (χ0) is 13.8. The maximum atomic E-state index is 12.1. The van der Waals surface area contributed by atoms with Crippen LogP contribution in [0.15, 0.2) is 24.3 Å². The van der Waals surface area contributed by atoms with Crippen LogP contribution in [0.3, 0.4) is 0 Å². The van der Waals surface area contributed by atoms with Crippen LogP contribution in [0.1, 0.15) is 18.4 Å². The predicted molar refractivity (Wildman–Crippen MR) is 61.6 cm³/mol. The van der Waals surface area contributed by atoms with Gasteiger partial charge in [0.15, 0.2) is 0 Å². The molecule has 0 aliphatic heterocycles. The monoisotopic (exact) mass is 280 g/mol. The maximum Gasteiger partial charge on any atom is 0.389 e. The highest BCUT2D eigenvalue weighted by molar-refractivity contribution is 6.30. The van der Waals surface area contributed by atoms with Gasteiger partial charge in [0.05, 0.1) is 5.92 Å². The normalized spacial score (nSPS) is 13.3. The van der Waals surface area contributed by atoms with Gasteiger partial charge >= 0.3 is 12.1 Å². The molecular weight excluding hydrogens is 269 g/mol. The van der Waals surface area contributed by atoms with Gasteiger partial charge in [0.1, 0.15) is 0 Å². The van der Waals surface area contributed by atoms with Crippen LogP contribution in [-0.2, 0) is 11.2 Å². The molecule has 0 aromatic heterocycles. The van der Waals surface area contributed by atoms with Gasteiger partial charge in [-0.15, -0.1) is 0 Å². The lowest BCUT2D eigenvalue weighted by atomic mass is 9.95. The van der Waals surface area contributed by atoms with Crippen LogP contribution >= 0.6 is 11.6 Å². The number of rotatable bonds is 5. The first-order valence-electron chi connectivity index (χ1n) is 5.32. The molecule has 100 valence electrons. The van der Waals surface area contributed by atoms with E-state index in [1.54, 1.807) is 24.3 Å². The Balaban J connectivity index is 2.63. The van der Waals surface area contributed by atoms with Crippen molar-refractivity contribution in [2.75, 3.05) is 0 Å². The summed E-state index contributed by atoms with van der Waals surface area (Å²) in [5.74, 6) is -2.25. The third-order valence-electron chi connectivity index (χ3n) is 2.52. The lowest BCUT2D eigenvalue weighted by Gasteiger charge is -2.13. The van der Waals surface area contributed by atoms with Crippen molar-refractivity contribution in [3.63, 3.8) is 0 Å². The van der Waals surface area contributed by atoms with Crippen molar-refractivity contribution in [3.8, 4) is 0 Å². The fourth-order valence-electron chi connectivity index (χ4n) is 1.56. The summed E-state index contributed by atoms with van der Waals surface area (Å²) < 4.78 is 36.2. The van der Waals surface area contributed by atoms with Gasteiger partial charge in [0.2, 0.25) is 0 Å². The molecule has 0 aliphatic carbocycles. The van der Waals surface area contributed by atoms with Gasteiger partial charge < -0.3 is 5.11 Å². The van der Waals surface area contributed by atoms with Crippen LogP contribution in [0.25, 0.3) is 0 Å². The molecule has 0 amide bonds. The Labute approximate surface area is 107 Å². The number of hydrogen-bond donors (Lipinski definition) is 1. The molecule has 1 N–H and O–H groups in total. The minimum Gasteiger partial charge on any atom is -0.481 e. The van der Waals surface area contributed by atoms with E-state index in [4.69, 9.17) is 16.7 Å². The summed E-state index contributed by atoms with van der Waals surface area (Å²) in [7, 11) is 0. The number of alkyl halides is 3. The van der Waals surface area contributed by atoms with E-state index >= 15 is 0 Å². The average Bonchev–Trinajstić information content (AvgIpc) is 2.25. The summed E-state index contributed by atoms with van der Waals surface area (Å²) in [4.78, 5) is 10.9. The zero-order valence-electron chi connectivity index (χ0n) is 9.38. The molecule has 2 nitrogen and oxygen atoms in total. The molecule has 0 saturated heterocycles. The Morgan fingerprint density at radius 2 is 1.83 bits per heavy atom. The van der Waals surface area contributed by atoms with Gasteiger partial charge in [-0.1, -0.05) is 23.7 Å². The van der Waals surface area contributed by atoms with Crippen molar-refractivity contribution < 1.29 is 23.1 Å². The van der Waals surface area contributed by atoms with Gasteiger partial charge in [-0.25, -0.2) is 0 Å². The van der Waals surface area contributed by atoms with Gasteiger partial charge in [-0.2, -0.15) is 13.2 Å². The van der Waals surface area contributed by atoms with Gasteiger partial charge in [0, 0.05) is 11.4 Å². The highest BCUT2D eigenvalue weighted by Gasteiger charge is 2.30. The first kappa shape index (κ1) is 14.8. The fraction of sp³-hybridized carbons (Fsp3) is 0.417. The Kier molecular flexibility index (Phi) is 5.02. The lowest BCUT2D eigenvalue weighted by molar-refractivity contribution is -0.148. The van der Waals surface area contributed by atoms with Gasteiger partial charge in [0.25, 0.3) is 0 Å². The van der Waals surface area contributed by atoms with E-state index < -0.39 is 30.9 Å². The number of halogens is 4. The van der Waals surface area contributed by atoms with Crippen molar-refractivity contribution in [1.82, 2.24) is 0 Å². The summed E-state index contributed by atoms with van der Waals surface area (Å²) >= 11 is 5.67. The number of benzene rings is 1. The molecule has 0 fully saturated rings. The van der Waals surface area contributed by atoms with Gasteiger partial charge in [-0.3, -0.25) is 4.79 Å². The van der Waals surface area contributed by atoms with Crippen LogP contribution in [0.5, 0.6) is 0 Å². The van der Waals surface area contributed by atoms with Crippen LogP contribution in [-0.4, -0.2) is 17.3 Å². The van der Waals surface area contributed by atoms with E-state index in [0.29, 0.717) is 10.6 Å². The standard InChI is InChI=1S/C12H12ClF3O2/c13-10-3-1-8(2-4-10)7-9(11(17)18)5-6-12(14,15)16/h1-4,9H,5-7H2,(H,17,18). The average molecular weight is 281 g/mol. The molecule has 0 aliphatic rings. The summed E-state index contributed by atoms with van der Waals surface area (Å²) in [6, 6.07) is 6.40. The third kappa shape index (κ3) is 5.40. The molecule has 18 heavy (non-hydrogen) atoms. The van der Waals surface area contributed by atoms with Gasteiger partial charge in [-0.05, 0) is 30.5 Å². The lowest BCUT2D eigenvalue weighted by Crippen LogP contribution is -2.20. The molecule has 1 atom stereocenters. The number of aliphatic carboxylic acids is 1. The summed E-state index contributed by atoms with van der Waals surface area (Å²) in [5, 5.41) is 9.39. The van der Waals surface area contributed by atoms with E-state index in [2.05, 4.69) is 0 Å². The quantitative estimate of drug-likeness (QED) is 0.887. The second-order valence-corrected chi connectivity index (χ2v) is 4.46. The van der Waals surface area contributed by atoms with Crippen molar-refractivity contribution in [2.45, 2.75) is 25.4 Å². The van der Waals surface area contributed by atoms with E-state index in [9.17, 15) is 18.0 Å². The van der Waals surface area contributed by atoms with Crippen molar-refractivity contribution in [2.24, 2.45) is 5.92 Å². The van der Waals surface area contributed by atoms with E-state index in [1.807, 2.05) is 0 Å². The molecule has 1 unspecified atom stereocenters. The smallest absolute Gasteiger partial charge is 0.389 e. The SMILES string of the molecule is O=C(O)C(CCC(F)(F)F)Cc1ccc(Cl)cc1. The molecule has 1 rings (SSSR count). The van der Waals surface area contributed by atoms with Crippen molar-refractivity contribution in [1.29, 1.82) is 0 Å². The topological polar surface area (TPSA) is 37.3 Å². The fourth-order valence-corrected chi connectivity index (χ4v) is 1.68. The Hall–Kier alpha value is -1.23. The zero-order valence-corrected chi connectivity index (χ0v) is 10.1. The molecule has 0 radical (unpaired) electrons. The van der Waals surface area contributed by atoms with Crippen LogP contribution in [0.4, 0.5) is 13.2 Å². The van der Waals surface area contributed by atoms with Crippen molar-refractivity contribution in [3.05, 3.63) is 34.9 Å². The molecule has 1 aromatic carbocycles. The largest absolute Gasteiger partial charge is 0.481 e. The Morgan fingerprint density at radius 3 is 2.28 bits per heavy atom. The molecule has 6 heteroatoms. The maximum absolute atomic E-state index is 12.1. The number of carboxylic acid groups (broad SMARTS) is 1. The molecule has 1 aromatic rings. The summed E-state index contributed by atoms with van der Waals surface area (Å²) in [6.07, 6.45) is -5.75. The first-order valence-corrected chi connectivity index (χ1v) is 5.70. The summed E-state index contributed by atoms with van der Waals surface area (Å²) in [5.41, 5.74) is 0.661. The second-order valence-electron chi connectivity index (χ2n) is 4.02. The second kappa shape index (κ2) is 6.09.